The van der Waals surface area contributed by atoms with Crippen LogP contribution in [0.1, 0.15) is 201 Å². The molecule has 0 aliphatic carbocycles. The molecule has 0 aromatic rings. The minimum absolute atomic E-state index is 0.0322. The number of carbonyl (C=O) groups excluding carboxylic acids is 3. The van der Waals surface area contributed by atoms with Crippen LogP contribution < -0.4 is 0 Å². The van der Waals surface area contributed by atoms with Gasteiger partial charge in [0.05, 0.1) is 6.61 Å². The first-order chi connectivity index (χ1) is 37.6. The summed E-state index contributed by atoms with van der Waals surface area (Å²) < 4.78 is 28.3. The maximum absolute atomic E-state index is 13.1. The summed E-state index contributed by atoms with van der Waals surface area (Å²) in [6.07, 6.45) is 60.0. The molecule has 0 saturated carbocycles. The lowest BCUT2D eigenvalue weighted by atomic mass is 9.98. The molecule has 0 amide bonds. The number of hydrogen-bond acceptors (Lipinski definition) is 11. The van der Waals surface area contributed by atoms with Crippen molar-refractivity contribution in [3.63, 3.8) is 0 Å². The summed E-state index contributed by atoms with van der Waals surface area (Å²) in [4.78, 5) is 51.1. The maximum atomic E-state index is 13.1. The normalized spacial score (nSPS) is 19.0. The van der Waals surface area contributed by atoms with E-state index in [1.165, 1.54) is 0 Å². The van der Waals surface area contributed by atoms with Gasteiger partial charge in [-0.3, -0.25) is 14.4 Å². The molecule has 0 spiro atoms. The first-order valence-electron chi connectivity index (χ1n) is 29.2. The van der Waals surface area contributed by atoms with E-state index in [0.717, 1.165) is 141 Å². The van der Waals surface area contributed by atoms with Gasteiger partial charge in [0, 0.05) is 19.3 Å². The van der Waals surface area contributed by atoms with Gasteiger partial charge < -0.3 is 39.0 Å². The molecule has 12 heteroatoms. The summed E-state index contributed by atoms with van der Waals surface area (Å²) in [6, 6.07) is 0. The third-order valence-corrected chi connectivity index (χ3v) is 12.2. The number of carboxylic acids is 1. The molecule has 6 unspecified atom stereocenters. The Bertz CT molecular complexity index is 1850. The molecule has 0 bridgehead atoms. The highest BCUT2D eigenvalue weighted by atomic mass is 16.7. The summed E-state index contributed by atoms with van der Waals surface area (Å²) in [7, 11) is 0. The van der Waals surface area contributed by atoms with E-state index < -0.39 is 67.3 Å². The lowest BCUT2D eigenvalue weighted by Gasteiger charge is -2.40. The third kappa shape index (κ3) is 41.6. The molecule has 432 valence electrons. The van der Waals surface area contributed by atoms with Crippen LogP contribution in [-0.4, -0.2) is 89.2 Å². The molecule has 0 aromatic heterocycles. The Kier molecular flexibility index (Phi) is 46.8. The van der Waals surface area contributed by atoms with Crippen LogP contribution in [0, 0.1) is 0 Å². The largest absolute Gasteiger partial charge is 0.479 e. The van der Waals surface area contributed by atoms with Gasteiger partial charge in [0.1, 0.15) is 18.8 Å². The second-order valence-corrected chi connectivity index (χ2v) is 19.1. The van der Waals surface area contributed by atoms with E-state index in [1.807, 2.05) is 0 Å². The number of hydrogen-bond donors (Lipinski definition) is 3. The van der Waals surface area contributed by atoms with Crippen molar-refractivity contribution in [3.8, 4) is 0 Å². The zero-order valence-electron chi connectivity index (χ0n) is 47.4. The van der Waals surface area contributed by atoms with Crippen LogP contribution in [0.25, 0.3) is 0 Å². The van der Waals surface area contributed by atoms with E-state index in [-0.39, 0.29) is 25.9 Å². The van der Waals surface area contributed by atoms with E-state index in [9.17, 15) is 34.5 Å². The van der Waals surface area contributed by atoms with Gasteiger partial charge in [-0.25, -0.2) is 4.79 Å². The summed E-state index contributed by atoms with van der Waals surface area (Å²) in [5.74, 6) is -3.27. The molecule has 1 saturated heterocycles. The van der Waals surface area contributed by atoms with Crippen LogP contribution in [0.3, 0.4) is 0 Å². The molecule has 3 N–H and O–H groups in total. The highest BCUT2D eigenvalue weighted by Crippen LogP contribution is 2.26. The monoisotopic (exact) mass is 1070 g/mol. The van der Waals surface area contributed by atoms with Gasteiger partial charge in [-0.1, -0.05) is 187 Å². The van der Waals surface area contributed by atoms with E-state index >= 15 is 0 Å². The molecule has 1 aliphatic rings. The lowest BCUT2D eigenvalue weighted by molar-refractivity contribution is -0.301. The molecule has 1 heterocycles. The highest BCUT2D eigenvalue weighted by molar-refractivity contribution is 5.74. The quantitative estimate of drug-likeness (QED) is 0.0228. The lowest BCUT2D eigenvalue weighted by Crippen LogP contribution is -2.61. The summed E-state index contributed by atoms with van der Waals surface area (Å²) >= 11 is 0. The van der Waals surface area contributed by atoms with Gasteiger partial charge in [-0.2, -0.15) is 0 Å². The van der Waals surface area contributed by atoms with Crippen molar-refractivity contribution in [1.29, 1.82) is 0 Å². The van der Waals surface area contributed by atoms with Crippen molar-refractivity contribution < 1.29 is 58.2 Å². The average Bonchev–Trinajstić information content (AvgIpc) is 3.42. The molecule has 0 radical (unpaired) electrons. The fourth-order valence-electron chi connectivity index (χ4n) is 7.83. The SMILES string of the molecule is CC/C=C\C/C=C\C/C=C\C/C=C\CCCCC(=O)OCC(COC1OC(C(=O)O)C(O)C(O)C1OC(=O)CCCCCCCCC/C=C\C/C=C\C/C=C\CC)OC(=O)CCCC/C=C\C/C=C\C/C=C\C/C=C\CC. The minimum atomic E-state index is -1.93. The van der Waals surface area contributed by atoms with Crippen LogP contribution in [0.5, 0.6) is 0 Å². The van der Waals surface area contributed by atoms with E-state index in [2.05, 4.69) is 154 Å². The number of aliphatic carboxylic acids is 1. The zero-order chi connectivity index (χ0) is 56.1. The van der Waals surface area contributed by atoms with Gasteiger partial charge in [-0.05, 0) is 128 Å². The molecular weight excluding hydrogens is 973 g/mol. The number of carbonyl (C=O) groups is 4. The van der Waals surface area contributed by atoms with Crippen LogP contribution in [-0.2, 0) is 42.9 Å². The Morgan fingerprint density at radius 1 is 0.429 bits per heavy atom. The van der Waals surface area contributed by atoms with Crippen molar-refractivity contribution >= 4 is 23.9 Å². The van der Waals surface area contributed by atoms with Gasteiger partial charge >= 0.3 is 23.9 Å². The van der Waals surface area contributed by atoms with Crippen LogP contribution in [0.4, 0.5) is 0 Å². The Balaban J connectivity index is 2.76. The number of allylic oxidation sites excluding steroid dienone is 22. The topological polar surface area (TPSA) is 175 Å². The fourth-order valence-corrected chi connectivity index (χ4v) is 7.83. The first-order valence-corrected chi connectivity index (χ1v) is 29.2. The Morgan fingerprint density at radius 2 is 0.779 bits per heavy atom. The van der Waals surface area contributed by atoms with Crippen LogP contribution in [0.15, 0.2) is 134 Å². The molecule has 12 nitrogen and oxygen atoms in total. The van der Waals surface area contributed by atoms with Crippen LogP contribution in [0.2, 0.25) is 0 Å². The molecule has 1 rings (SSSR count). The van der Waals surface area contributed by atoms with E-state index in [4.69, 9.17) is 23.7 Å². The third-order valence-electron chi connectivity index (χ3n) is 12.2. The van der Waals surface area contributed by atoms with Gasteiger partial charge in [0.25, 0.3) is 0 Å². The average molecular weight is 1070 g/mol. The molecular formula is C65H100O12. The maximum Gasteiger partial charge on any atom is 0.335 e. The van der Waals surface area contributed by atoms with Crippen LogP contribution >= 0.6 is 0 Å². The van der Waals surface area contributed by atoms with Crippen molar-refractivity contribution in [2.45, 2.75) is 237 Å². The zero-order valence-corrected chi connectivity index (χ0v) is 47.4. The fraction of sp³-hybridized carbons (Fsp3) is 0.600. The Morgan fingerprint density at radius 3 is 1.21 bits per heavy atom. The van der Waals surface area contributed by atoms with Crippen molar-refractivity contribution in [3.05, 3.63) is 134 Å². The van der Waals surface area contributed by atoms with Gasteiger partial charge in [0.2, 0.25) is 0 Å². The Labute approximate surface area is 464 Å². The van der Waals surface area contributed by atoms with Gasteiger partial charge in [0.15, 0.2) is 24.6 Å². The number of esters is 3. The second kappa shape index (κ2) is 51.6. The summed E-state index contributed by atoms with van der Waals surface area (Å²) in [6.45, 7) is 5.56. The number of aliphatic hydroxyl groups is 2. The predicted molar refractivity (Wildman–Crippen MR) is 312 cm³/mol. The number of unbranched alkanes of at least 4 members (excludes halogenated alkanes) is 11. The highest BCUT2D eigenvalue weighted by Gasteiger charge is 2.50. The van der Waals surface area contributed by atoms with Crippen molar-refractivity contribution in [2.24, 2.45) is 0 Å². The van der Waals surface area contributed by atoms with E-state index in [0.29, 0.717) is 19.3 Å². The molecule has 1 aliphatic heterocycles. The standard InChI is InChI=1S/C65H100O12/c1-4-7-10-13-16-19-22-25-28-29-32-35-38-41-44-47-50-53-59(68)76-63-61(70)60(69)62(64(71)72)77-65(63)74-55-56(75-58(67)52-49-46-43-40-37-34-31-27-24-21-18-15-12-9-6-3)54-73-57(66)51-48-45-42-39-36-33-30-26-23-20-17-14-11-8-5-2/h7-12,16-21,25-28,30-31,36-37,39-40,56,60-63,65,69-70H,4-6,13-15,22-24,29,32-35,38,41-55H2,1-3H3,(H,71,72)/b10-7-,11-8-,12-9-,19-16-,20-17-,21-18-,28-25-,30-26-,31-27-,39-36-,40-37-. The number of carboxylic acid groups (broad SMARTS) is 1. The number of rotatable bonds is 47. The molecule has 6 atom stereocenters. The van der Waals surface area contributed by atoms with E-state index in [1.54, 1.807) is 0 Å². The molecule has 1 fully saturated rings. The predicted octanol–water partition coefficient (Wildman–Crippen LogP) is 15.0. The summed E-state index contributed by atoms with van der Waals surface area (Å²) in [5, 5.41) is 31.5. The minimum Gasteiger partial charge on any atom is -0.479 e. The number of ether oxygens (including phenoxy) is 5. The van der Waals surface area contributed by atoms with Crippen molar-refractivity contribution in [1.82, 2.24) is 0 Å². The Hall–Kier alpha value is -5.14. The molecule has 77 heavy (non-hydrogen) atoms. The smallest absolute Gasteiger partial charge is 0.335 e. The molecule has 0 aromatic carbocycles. The number of aliphatic hydroxyl groups excluding tert-OH is 2. The first kappa shape index (κ1) is 69.9. The van der Waals surface area contributed by atoms with Crippen molar-refractivity contribution in [2.75, 3.05) is 13.2 Å². The van der Waals surface area contributed by atoms with Gasteiger partial charge in [-0.15, -0.1) is 0 Å². The summed E-state index contributed by atoms with van der Waals surface area (Å²) in [5.41, 5.74) is 0. The second-order valence-electron chi connectivity index (χ2n) is 19.1.